The standard InChI is InChI=1S/C41H62N2S4/c1-11-25-39(8,28-33-19-17-32(12-2)18-20-33)30-36-35-23-21-34(22-24-35)29-40(9,46-38(45)43(15-5)31(6)7)26-16-27-41(36,10)47-37(44)42(13-3)14-4/h12,17-24,31,36H,2,11,13-16,25-30H2,1,3-10H3. The molecule has 0 heterocycles. The first-order chi connectivity index (χ1) is 22.2. The van der Waals surface area contributed by atoms with E-state index in [0.717, 1.165) is 66.8 Å². The topological polar surface area (TPSA) is 6.48 Å². The van der Waals surface area contributed by atoms with Crippen LogP contribution < -0.4 is 0 Å². The highest BCUT2D eigenvalue weighted by atomic mass is 32.2. The van der Waals surface area contributed by atoms with E-state index in [1.165, 1.54) is 35.1 Å². The number of rotatable bonds is 13. The molecule has 6 heteroatoms. The Labute approximate surface area is 308 Å². The van der Waals surface area contributed by atoms with E-state index in [9.17, 15) is 0 Å². The van der Waals surface area contributed by atoms with E-state index in [1.807, 2.05) is 29.6 Å². The van der Waals surface area contributed by atoms with Gasteiger partial charge in [0.05, 0.1) is 0 Å². The second-order valence-corrected chi connectivity index (χ2v) is 19.2. The summed E-state index contributed by atoms with van der Waals surface area (Å²) in [5.74, 6) is 0.369. The van der Waals surface area contributed by atoms with Crippen molar-refractivity contribution in [3.8, 4) is 0 Å². The van der Waals surface area contributed by atoms with Crippen LogP contribution in [0.3, 0.4) is 0 Å². The summed E-state index contributed by atoms with van der Waals surface area (Å²) in [4.78, 5) is 4.74. The fraction of sp³-hybridized carbons (Fsp3) is 0.610. The molecule has 0 aromatic heterocycles. The molecule has 4 atom stereocenters. The average molecular weight is 711 g/mol. The zero-order chi connectivity index (χ0) is 34.8. The van der Waals surface area contributed by atoms with Gasteiger partial charge in [-0.25, -0.2) is 0 Å². The van der Waals surface area contributed by atoms with Crippen LogP contribution in [0, 0.1) is 5.41 Å². The second-order valence-electron chi connectivity index (χ2n) is 14.8. The Balaban J connectivity index is 2.05. The molecule has 0 aliphatic heterocycles. The molecule has 0 amide bonds. The molecule has 2 nitrogen and oxygen atoms in total. The van der Waals surface area contributed by atoms with Crippen molar-refractivity contribution in [3.05, 3.63) is 77.4 Å². The molecule has 2 bridgehead atoms. The lowest BCUT2D eigenvalue weighted by atomic mass is 9.68. The lowest BCUT2D eigenvalue weighted by molar-refractivity contribution is 0.224. The van der Waals surface area contributed by atoms with Gasteiger partial charge >= 0.3 is 0 Å². The van der Waals surface area contributed by atoms with Crippen LogP contribution in [-0.4, -0.2) is 53.6 Å². The van der Waals surface area contributed by atoms with Gasteiger partial charge in [-0.3, -0.25) is 0 Å². The molecule has 0 spiro atoms. The Bertz CT molecular complexity index is 1300. The summed E-state index contributed by atoms with van der Waals surface area (Å²) >= 11 is 16.2. The summed E-state index contributed by atoms with van der Waals surface area (Å²) in [5.41, 5.74) is 5.62. The highest BCUT2D eigenvalue weighted by Gasteiger charge is 2.43. The summed E-state index contributed by atoms with van der Waals surface area (Å²) in [5, 5.41) is 0. The molecule has 260 valence electrons. The van der Waals surface area contributed by atoms with Crippen LogP contribution in [0.5, 0.6) is 0 Å². The minimum atomic E-state index is -0.0489. The van der Waals surface area contributed by atoms with E-state index in [0.29, 0.717) is 12.0 Å². The molecule has 47 heavy (non-hydrogen) atoms. The predicted octanol–water partition coefficient (Wildman–Crippen LogP) is 12.2. The van der Waals surface area contributed by atoms with Crippen molar-refractivity contribution in [1.29, 1.82) is 0 Å². The van der Waals surface area contributed by atoms with E-state index in [2.05, 4.69) is 127 Å². The second kappa shape index (κ2) is 18.1. The van der Waals surface area contributed by atoms with Crippen molar-refractivity contribution in [2.75, 3.05) is 19.6 Å². The van der Waals surface area contributed by atoms with Crippen LogP contribution in [-0.2, 0) is 12.8 Å². The Hall–Kier alpha value is -1.34. The van der Waals surface area contributed by atoms with E-state index < -0.39 is 0 Å². The molecule has 4 rings (SSSR count). The Morgan fingerprint density at radius 1 is 0.936 bits per heavy atom. The van der Waals surface area contributed by atoms with Gasteiger partial charge in [0.2, 0.25) is 0 Å². The highest BCUT2D eigenvalue weighted by Crippen LogP contribution is 2.52. The third-order valence-electron chi connectivity index (χ3n) is 10.3. The summed E-state index contributed by atoms with van der Waals surface area (Å²) < 4.78 is 2.05. The maximum Gasteiger partial charge on any atom is 0.137 e. The third kappa shape index (κ3) is 11.1. The van der Waals surface area contributed by atoms with Crippen LogP contribution in [0.4, 0.5) is 0 Å². The van der Waals surface area contributed by atoms with Crippen LogP contribution in [0.15, 0.2) is 55.1 Å². The van der Waals surface area contributed by atoms with Crippen molar-refractivity contribution in [2.24, 2.45) is 5.41 Å². The molecule has 0 fully saturated rings. The lowest BCUT2D eigenvalue weighted by Gasteiger charge is -2.44. The van der Waals surface area contributed by atoms with Crippen molar-refractivity contribution < 1.29 is 0 Å². The van der Waals surface area contributed by atoms with Gasteiger partial charge in [0.25, 0.3) is 0 Å². The van der Waals surface area contributed by atoms with E-state index in [1.54, 1.807) is 0 Å². The number of fused-ring (bicyclic) bond motifs is 8. The lowest BCUT2D eigenvalue weighted by Crippen LogP contribution is -2.39. The van der Waals surface area contributed by atoms with Crippen LogP contribution in [0.1, 0.15) is 129 Å². The van der Waals surface area contributed by atoms with Gasteiger partial charge in [0, 0.05) is 35.2 Å². The summed E-state index contributed by atoms with van der Waals surface area (Å²) in [6.07, 6.45) is 10.9. The van der Waals surface area contributed by atoms with Crippen molar-refractivity contribution >= 4 is 62.7 Å². The largest absolute Gasteiger partial charge is 0.358 e. The SMILES string of the molecule is C=Cc1ccc(CC(C)(CCC)CC2c3ccc(cc3)CC(C)(SC(=S)N(CC)C(C)C)CCCC2(C)SC(=S)N(CC)CC)cc1. The molecule has 0 saturated heterocycles. The number of hydrogen-bond acceptors (Lipinski definition) is 4. The fourth-order valence-electron chi connectivity index (χ4n) is 7.61. The summed E-state index contributed by atoms with van der Waals surface area (Å²) in [6.45, 7) is 27.8. The normalized spacial score (nSPS) is 22.7. The molecule has 0 saturated carbocycles. The Kier molecular flexibility index (Phi) is 15.4. The van der Waals surface area contributed by atoms with Crippen molar-refractivity contribution in [2.45, 2.75) is 135 Å². The van der Waals surface area contributed by atoms with Gasteiger partial charge in [-0.2, -0.15) is 0 Å². The van der Waals surface area contributed by atoms with Crippen molar-refractivity contribution in [3.63, 3.8) is 0 Å². The fourth-order valence-corrected chi connectivity index (χ4v) is 12.1. The first-order valence-electron chi connectivity index (χ1n) is 18.0. The van der Waals surface area contributed by atoms with Gasteiger partial charge in [-0.05, 0) is 121 Å². The highest BCUT2D eigenvalue weighted by molar-refractivity contribution is 8.24. The molecule has 0 radical (unpaired) electrons. The average Bonchev–Trinajstić information content (AvgIpc) is 3.03. The number of thioether (sulfide) groups is 2. The van der Waals surface area contributed by atoms with E-state index in [4.69, 9.17) is 24.4 Å². The first kappa shape index (κ1) is 40.1. The van der Waals surface area contributed by atoms with E-state index >= 15 is 0 Å². The molecule has 2 aromatic rings. The number of nitrogens with zero attached hydrogens (tertiary/aromatic N) is 2. The molecule has 0 N–H and O–H groups in total. The quantitative estimate of drug-likeness (QED) is 0.190. The zero-order valence-electron chi connectivity index (χ0n) is 30.9. The molecule has 2 aliphatic rings. The van der Waals surface area contributed by atoms with E-state index in [-0.39, 0.29) is 14.9 Å². The smallest absolute Gasteiger partial charge is 0.137 e. The first-order valence-corrected chi connectivity index (χ1v) is 20.5. The Morgan fingerprint density at radius 2 is 1.57 bits per heavy atom. The maximum atomic E-state index is 6.22. The molecule has 4 unspecified atom stereocenters. The molecule has 2 aromatic carbocycles. The van der Waals surface area contributed by atoms with Crippen LogP contribution in [0.2, 0.25) is 0 Å². The third-order valence-corrected chi connectivity index (χ3v) is 14.0. The minimum Gasteiger partial charge on any atom is -0.358 e. The summed E-state index contributed by atoms with van der Waals surface area (Å²) in [7, 11) is 0. The summed E-state index contributed by atoms with van der Waals surface area (Å²) in [6, 6.07) is 19.2. The number of hydrogen-bond donors (Lipinski definition) is 0. The maximum absolute atomic E-state index is 6.22. The number of benzene rings is 2. The van der Waals surface area contributed by atoms with Gasteiger partial charge in [0.15, 0.2) is 0 Å². The Morgan fingerprint density at radius 3 is 2.11 bits per heavy atom. The molecule has 2 aliphatic carbocycles. The van der Waals surface area contributed by atoms with Gasteiger partial charge in [0.1, 0.15) is 8.64 Å². The minimum absolute atomic E-state index is 0.0278. The van der Waals surface area contributed by atoms with Crippen molar-refractivity contribution in [1.82, 2.24) is 9.80 Å². The monoisotopic (exact) mass is 710 g/mol. The van der Waals surface area contributed by atoms with Crippen LogP contribution >= 0.6 is 48.0 Å². The predicted molar refractivity (Wildman–Crippen MR) is 222 cm³/mol. The molecular formula is C41H62N2S4. The zero-order valence-corrected chi connectivity index (χ0v) is 34.1. The van der Waals surface area contributed by atoms with Gasteiger partial charge < -0.3 is 9.80 Å². The van der Waals surface area contributed by atoms with Gasteiger partial charge in [-0.15, -0.1) is 0 Å². The number of thiocarbonyl (C=S) groups is 2. The van der Waals surface area contributed by atoms with Gasteiger partial charge in [-0.1, -0.05) is 136 Å². The van der Waals surface area contributed by atoms with Crippen LogP contribution in [0.25, 0.3) is 6.08 Å². The molecular weight excluding hydrogens is 649 g/mol.